The van der Waals surface area contributed by atoms with Crippen molar-refractivity contribution < 1.29 is 32.3 Å². The maximum atomic E-state index is 13.9. The first-order chi connectivity index (χ1) is 24.2. The van der Waals surface area contributed by atoms with Gasteiger partial charge < -0.3 is 25.0 Å². The van der Waals surface area contributed by atoms with Crippen molar-refractivity contribution in [2.75, 3.05) is 41.4 Å². The standard InChI is InChI=1S/C34H44ClN7O7S2/c1-20(2)25-19-50-31(37-25)24-17-27(22-12-13-26(48-6)28(35)29(22)36-24)49-16-14-23-30(43)39-34(32(44)40-51(46,47)41(3)4)18-21(34)11-9-7-8-10-15-42(5)33(45)38-23/h9,11-13,17,19-21,23H,7-8,10,14-16,18H2,1-6H3,(H,38,45)(H,39,43)(H,40,44)/b11-9-/t21-,23+,34-/m1/s1. The zero-order valence-corrected chi connectivity index (χ0v) is 31.9. The van der Waals surface area contributed by atoms with Crippen LogP contribution in [0.25, 0.3) is 21.6 Å². The summed E-state index contributed by atoms with van der Waals surface area (Å²) in [5, 5.41) is 9.14. The molecule has 51 heavy (non-hydrogen) atoms. The Labute approximate surface area is 307 Å². The predicted octanol–water partition coefficient (Wildman–Crippen LogP) is 4.46. The Balaban J connectivity index is 1.43. The van der Waals surface area contributed by atoms with Crippen molar-refractivity contribution in [1.82, 2.24) is 34.5 Å². The lowest BCUT2D eigenvalue weighted by atomic mass is 10.1. The smallest absolute Gasteiger partial charge is 0.317 e. The highest BCUT2D eigenvalue weighted by Gasteiger charge is 2.61. The molecule has 1 saturated carbocycles. The number of nitrogens with zero attached hydrogens (tertiary/aromatic N) is 4. The number of carbonyl (C=O) groups is 3. The van der Waals surface area contributed by atoms with Crippen molar-refractivity contribution in [3.05, 3.63) is 46.4 Å². The molecule has 17 heteroatoms. The van der Waals surface area contributed by atoms with Gasteiger partial charge in [-0.1, -0.05) is 37.6 Å². The number of aromatic nitrogens is 2. The van der Waals surface area contributed by atoms with E-state index in [4.69, 9.17) is 31.0 Å². The highest BCUT2D eigenvalue weighted by atomic mass is 35.5. The van der Waals surface area contributed by atoms with Crippen LogP contribution in [0.1, 0.15) is 57.6 Å². The number of nitrogens with one attached hydrogen (secondary N) is 3. The van der Waals surface area contributed by atoms with E-state index in [1.807, 2.05) is 17.5 Å². The van der Waals surface area contributed by atoms with Crippen LogP contribution < -0.4 is 24.8 Å². The number of benzene rings is 1. The summed E-state index contributed by atoms with van der Waals surface area (Å²) in [6.45, 7) is 4.56. The minimum absolute atomic E-state index is 0.0113. The highest BCUT2D eigenvalue weighted by Crippen LogP contribution is 2.45. The molecule has 0 spiro atoms. The zero-order valence-electron chi connectivity index (χ0n) is 29.5. The van der Waals surface area contributed by atoms with E-state index in [0.29, 0.717) is 51.1 Å². The molecular weight excluding hydrogens is 718 g/mol. The molecule has 4 amide bonds. The number of rotatable bonds is 10. The van der Waals surface area contributed by atoms with E-state index in [9.17, 15) is 22.8 Å². The zero-order chi connectivity index (χ0) is 37.1. The average Bonchev–Trinajstić information content (AvgIpc) is 3.53. The van der Waals surface area contributed by atoms with Crippen molar-refractivity contribution in [3.63, 3.8) is 0 Å². The molecule has 3 atom stereocenters. The van der Waals surface area contributed by atoms with E-state index in [2.05, 4.69) is 29.2 Å². The van der Waals surface area contributed by atoms with Crippen LogP contribution in [0.5, 0.6) is 11.5 Å². The fraction of sp³-hybridized carbons (Fsp3) is 0.500. The Morgan fingerprint density at radius 1 is 1.22 bits per heavy atom. The van der Waals surface area contributed by atoms with Crippen LogP contribution in [0.4, 0.5) is 4.79 Å². The Kier molecular flexibility index (Phi) is 11.8. The third kappa shape index (κ3) is 8.56. The van der Waals surface area contributed by atoms with Gasteiger partial charge >= 0.3 is 16.2 Å². The van der Waals surface area contributed by atoms with E-state index in [1.165, 1.54) is 37.4 Å². The van der Waals surface area contributed by atoms with Gasteiger partial charge in [-0.3, -0.25) is 9.59 Å². The van der Waals surface area contributed by atoms with Crippen molar-refractivity contribution in [3.8, 4) is 22.2 Å². The van der Waals surface area contributed by atoms with Gasteiger partial charge in [0.1, 0.15) is 38.8 Å². The van der Waals surface area contributed by atoms with Crippen LogP contribution in [0, 0.1) is 5.92 Å². The Morgan fingerprint density at radius 3 is 2.67 bits per heavy atom. The van der Waals surface area contributed by atoms with Crippen molar-refractivity contribution in [2.45, 2.75) is 63.5 Å². The van der Waals surface area contributed by atoms with Crippen LogP contribution in [0.3, 0.4) is 0 Å². The molecule has 1 aromatic carbocycles. The number of urea groups is 1. The van der Waals surface area contributed by atoms with Gasteiger partial charge in [-0.25, -0.2) is 19.5 Å². The van der Waals surface area contributed by atoms with E-state index in [1.54, 1.807) is 25.2 Å². The number of thiazole rings is 1. The summed E-state index contributed by atoms with van der Waals surface area (Å²) in [7, 11) is 1.63. The molecule has 2 aromatic heterocycles. The van der Waals surface area contributed by atoms with E-state index >= 15 is 0 Å². The van der Waals surface area contributed by atoms with Gasteiger partial charge in [0.2, 0.25) is 5.91 Å². The summed E-state index contributed by atoms with van der Waals surface area (Å²) < 4.78 is 39.8. The first kappa shape index (κ1) is 38.2. The maximum Gasteiger partial charge on any atom is 0.317 e. The second-order valence-corrected chi connectivity index (χ2v) is 16.3. The topological polar surface area (TPSA) is 172 Å². The second-order valence-electron chi connectivity index (χ2n) is 13.2. The lowest BCUT2D eigenvalue weighted by Crippen LogP contribution is -2.58. The van der Waals surface area contributed by atoms with Gasteiger partial charge in [-0.15, -0.1) is 11.3 Å². The summed E-state index contributed by atoms with van der Waals surface area (Å²) >= 11 is 8.16. The number of hydrogen-bond donors (Lipinski definition) is 3. The Hall–Kier alpha value is -3.99. The van der Waals surface area contributed by atoms with Gasteiger partial charge in [-0.05, 0) is 43.7 Å². The van der Waals surface area contributed by atoms with Crippen LogP contribution in [0.2, 0.25) is 5.02 Å². The number of allylic oxidation sites excluding steroid dienone is 1. The van der Waals surface area contributed by atoms with E-state index in [0.717, 1.165) is 22.8 Å². The van der Waals surface area contributed by atoms with Gasteiger partial charge in [-0.2, -0.15) is 12.7 Å². The molecule has 1 fully saturated rings. The number of pyridine rings is 1. The molecule has 1 aliphatic heterocycles. The molecule has 1 aliphatic carbocycles. The number of amides is 4. The van der Waals surface area contributed by atoms with Crippen molar-refractivity contribution in [2.24, 2.45) is 5.92 Å². The molecule has 0 saturated heterocycles. The molecular formula is C34H44ClN7O7S2. The monoisotopic (exact) mass is 761 g/mol. The van der Waals surface area contributed by atoms with Crippen LogP contribution in [0.15, 0.2) is 35.7 Å². The van der Waals surface area contributed by atoms with Gasteiger partial charge in [0.15, 0.2) is 0 Å². The molecule has 0 bridgehead atoms. The van der Waals surface area contributed by atoms with Gasteiger partial charge in [0.25, 0.3) is 5.91 Å². The number of ether oxygens (including phenoxy) is 2. The van der Waals surface area contributed by atoms with Gasteiger partial charge in [0, 0.05) is 56.9 Å². The first-order valence-electron chi connectivity index (χ1n) is 16.7. The van der Waals surface area contributed by atoms with Crippen LogP contribution in [-0.4, -0.2) is 98.4 Å². The quantitative estimate of drug-likeness (QED) is 0.252. The number of fused-ring (bicyclic) bond motifs is 2. The Bertz CT molecular complexity index is 1930. The third-order valence-electron chi connectivity index (χ3n) is 8.98. The predicted molar refractivity (Wildman–Crippen MR) is 196 cm³/mol. The normalized spacial score (nSPS) is 22.2. The minimum atomic E-state index is -4.13. The third-order valence-corrected chi connectivity index (χ3v) is 11.6. The van der Waals surface area contributed by atoms with Crippen LogP contribution in [-0.2, 0) is 19.8 Å². The minimum Gasteiger partial charge on any atom is -0.495 e. The molecule has 276 valence electrons. The molecule has 3 aromatic rings. The molecule has 2 aliphatic rings. The number of carbonyl (C=O) groups excluding carboxylic acids is 3. The lowest BCUT2D eigenvalue weighted by molar-refractivity contribution is -0.130. The summed E-state index contributed by atoms with van der Waals surface area (Å²) in [5.74, 6) is -0.835. The van der Waals surface area contributed by atoms with E-state index < -0.39 is 45.6 Å². The molecule has 5 rings (SSSR count). The second kappa shape index (κ2) is 15.7. The largest absolute Gasteiger partial charge is 0.495 e. The first-order valence-corrected chi connectivity index (χ1v) is 19.4. The summed E-state index contributed by atoms with van der Waals surface area (Å²) in [6, 6.07) is 3.65. The molecule has 14 nitrogen and oxygen atoms in total. The molecule has 3 N–H and O–H groups in total. The molecule has 0 radical (unpaired) electrons. The number of methoxy groups -OCH3 is 1. The maximum absolute atomic E-state index is 13.9. The fourth-order valence-corrected chi connectivity index (χ4v) is 7.46. The summed E-state index contributed by atoms with van der Waals surface area (Å²) in [4.78, 5) is 51.7. The summed E-state index contributed by atoms with van der Waals surface area (Å²) in [5.41, 5.74) is 0.411. The summed E-state index contributed by atoms with van der Waals surface area (Å²) in [6.07, 6.45) is 6.22. The van der Waals surface area contributed by atoms with E-state index in [-0.39, 0.29) is 25.4 Å². The fourth-order valence-electron chi connectivity index (χ4n) is 5.64. The molecule has 0 unspecified atom stereocenters. The van der Waals surface area contributed by atoms with Crippen molar-refractivity contribution in [1.29, 1.82) is 0 Å². The van der Waals surface area contributed by atoms with Gasteiger partial charge in [0.05, 0.1) is 24.9 Å². The van der Waals surface area contributed by atoms with Crippen LogP contribution >= 0.6 is 22.9 Å². The number of hydrogen-bond acceptors (Lipinski definition) is 10. The SMILES string of the molecule is COc1ccc2c(OCC[C@@H]3NC(=O)N(C)CCCC/C=C\[C@@H]4C[C@@]4(C(=O)NS(=O)(=O)N(C)C)NC3=O)cc(-c3nc(C(C)C)cs3)nc2c1Cl. The average molecular weight is 762 g/mol. The van der Waals surface area contributed by atoms with Crippen molar-refractivity contribution >= 4 is 61.9 Å². The molecule has 3 heterocycles. The highest BCUT2D eigenvalue weighted by molar-refractivity contribution is 7.87. The Morgan fingerprint density at radius 2 is 1.98 bits per heavy atom. The lowest BCUT2D eigenvalue weighted by Gasteiger charge is -2.26. The number of halogens is 1.